The largest absolute Gasteiger partial charge is 0.376 e. The number of hydrogen-bond donors (Lipinski definition) is 1. The number of rotatable bonds is 3. The molecule has 0 radical (unpaired) electrons. The molecule has 1 aromatic carbocycles. The molecule has 0 bridgehead atoms. The highest BCUT2D eigenvalue weighted by molar-refractivity contribution is 5.60. The summed E-state index contributed by atoms with van der Waals surface area (Å²) in [6.07, 6.45) is 3.75. The molecule has 3 rings (SSSR count). The quantitative estimate of drug-likeness (QED) is 0.685. The number of benzene rings is 1. The van der Waals surface area contributed by atoms with Crippen molar-refractivity contribution in [1.29, 1.82) is 0 Å². The van der Waals surface area contributed by atoms with E-state index < -0.39 is 0 Å². The van der Waals surface area contributed by atoms with Crippen LogP contribution in [0.15, 0.2) is 36.5 Å². The fourth-order valence-electron chi connectivity index (χ4n) is 2.72. The second-order valence-electron chi connectivity index (χ2n) is 4.99. The number of aromatic nitrogens is 1. The average Bonchev–Trinajstić information content (AvgIpc) is 2.84. The zero-order valence-electron chi connectivity index (χ0n) is 11.2. The Hall–Kier alpha value is -2.43. The van der Waals surface area contributed by atoms with Crippen LogP contribution >= 0.6 is 0 Å². The van der Waals surface area contributed by atoms with E-state index in [-0.39, 0.29) is 16.7 Å². The van der Waals surface area contributed by atoms with Crippen LogP contribution in [0.2, 0.25) is 0 Å². The summed E-state index contributed by atoms with van der Waals surface area (Å²) in [6.45, 7) is 1.77. The molecule has 0 spiro atoms. The Balaban J connectivity index is 1.90. The molecule has 1 aromatic heterocycles. The van der Waals surface area contributed by atoms with Crippen LogP contribution in [0.3, 0.4) is 0 Å². The normalized spacial score (nSPS) is 16.8. The smallest absolute Gasteiger partial charge is 0.274 e. The third-order valence-electron chi connectivity index (χ3n) is 3.79. The van der Waals surface area contributed by atoms with Crippen molar-refractivity contribution in [3.05, 3.63) is 63.5 Å². The molecular formula is C15H15N3O2. The maximum atomic E-state index is 11.0. The number of aryl methyl sites for hydroxylation is 1. The molecule has 1 aliphatic rings. The van der Waals surface area contributed by atoms with Crippen LogP contribution in [-0.2, 0) is 6.42 Å². The van der Waals surface area contributed by atoms with E-state index in [0.29, 0.717) is 5.56 Å². The van der Waals surface area contributed by atoms with Gasteiger partial charge in [0.25, 0.3) is 5.69 Å². The van der Waals surface area contributed by atoms with Crippen LogP contribution < -0.4 is 5.32 Å². The van der Waals surface area contributed by atoms with Crippen molar-refractivity contribution >= 4 is 11.4 Å². The van der Waals surface area contributed by atoms with Gasteiger partial charge in [-0.15, -0.1) is 0 Å². The summed E-state index contributed by atoms with van der Waals surface area (Å²) in [5.41, 5.74) is 3.94. The van der Waals surface area contributed by atoms with Gasteiger partial charge in [0.2, 0.25) is 0 Å². The van der Waals surface area contributed by atoms with E-state index in [1.807, 2.05) is 12.1 Å². The number of nitrogens with one attached hydrogen (secondary N) is 1. The Morgan fingerprint density at radius 1 is 1.35 bits per heavy atom. The Labute approximate surface area is 116 Å². The van der Waals surface area contributed by atoms with E-state index in [0.717, 1.165) is 24.2 Å². The minimum absolute atomic E-state index is 0.131. The lowest BCUT2D eigenvalue weighted by Crippen LogP contribution is -2.10. The topological polar surface area (TPSA) is 68.1 Å². The van der Waals surface area contributed by atoms with Crippen LogP contribution in [-0.4, -0.2) is 9.91 Å². The van der Waals surface area contributed by atoms with Crippen molar-refractivity contribution in [3.63, 3.8) is 0 Å². The van der Waals surface area contributed by atoms with Crippen molar-refractivity contribution in [3.8, 4) is 0 Å². The van der Waals surface area contributed by atoms with Crippen LogP contribution in [0.25, 0.3) is 0 Å². The molecule has 0 amide bonds. The molecule has 5 nitrogen and oxygen atoms in total. The highest BCUT2D eigenvalue weighted by atomic mass is 16.6. The van der Waals surface area contributed by atoms with Gasteiger partial charge in [0.05, 0.1) is 16.7 Å². The Bertz CT molecular complexity index is 670. The van der Waals surface area contributed by atoms with Gasteiger partial charge in [-0.2, -0.15) is 0 Å². The van der Waals surface area contributed by atoms with E-state index >= 15 is 0 Å². The Morgan fingerprint density at radius 3 is 3.00 bits per heavy atom. The maximum absolute atomic E-state index is 11.0. The number of nitro benzene ring substituents is 1. The summed E-state index contributed by atoms with van der Waals surface area (Å²) in [5.74, 6) is 0. The van der Waals surface area contributed by atoms with Gasteiger partial charge in [0, 0.05) is 23.5 Å². The first-order valence-electron chi connectivity index (χ1n) is 6.61. The molecule has 1 aliphatic carbocycles. The predicted molar refractivity (Wildman–Crippen MR) is 76.8 cm³/mol. The number of nitro groups is 1. The molecule has 2 aromatic rings. The Morgan fingerprint density at radius 2 is 2.20 bits per heavy atom. The molecule has 0 fully saturated rings. The molecule has 0 saturated heterocycles. The fraction of sp³-hybridized carbons (Fsp3) is 0.267. The first kappa shape index (κ1) is 12.6. The number of fused-ring (bicyclic) bond motifs is 1. The van der Waals surface area contributed by atoms with Gasteiger partial charge in [-0.25, -0.2) is 0 Å². The van der Waals surface area contributed by atoms with Crippen LogP contribution in [0.4, 0.5) is 11.4 Å². The summed E-state index contributed by atoms with van der Waals surface area (Å²) in [6, 6.07) is 9.28. The molecule has 1 atom stereocenters. The summed E-state index contributed by atoms with van der Waals surface area (Å²) < 4.78 is 0. The van der Waals surface area contributed by atoms with Crippen LogP contribution in [0, 0.1) is 17.0 Å². The highest BCUT2D eigenvalue weighted by Gasteiger charge is 2.24. The van der Waals surface area contributed by atoms with Gasteiger partial charge >= 0.3 is 0 Å². The highest BCUT2D eigenvalue weighted by Crippen LogP contribution is 2.34. The van der Waals surface area contributed by atoms with Crippen LogP contribution in [0.1, 0.15) is 29.3 Å². The first-order chi connectivity index (χ1) is 9.66. The lowest BCUT2D eigenvalue weighted by Gasteiger charge is -2.16. The minimum Gasteiger partial charge on any atom is -0.376 e. The number of hydrogen-bond acceptors (Lipinski definition) is 4. The van der Waals surface area contributed by atoms with Gasteiger partial charge in [-0.05, 0) is 37.5 Å². The molecular weight excluding hydrogens is 254 g/mol. The molecule has 20 heavy (non-hydrogen) atoms. The summed E-state index contributed by atoms with van der Waals surface area (Å²) >= 11 is 0. The minimum atomic E-state index is -0.346. The van der Waals surface area contributed by atoms with Crippen molar-refractivity contribution in [2.75, 3.05) is 5.32 Å². The monoisotopic (exact) mass is 269 g/mol. The van der Waals surface area contributed by atoms with E-state index in [2.05, 4.69) is 16.4 Å². The molecule has 5 heteroatoms. The van der Waals surface area contributed by atoms with Crippen LogP contribution in [0.5, 0.6) is 0 Å². The summed E-state index contributed by atoms with van der Waals surface area (Å²) in [5, 5.41) is 14.4. The number of nitrogens with zero attached hydrogens (tertiary/aromatic N) is 2. The molecule has 0 aliphatic heterocycles. The summed E-state index contributed by atoms with van der Waals surface area (Å²) in [7, 11) is 0. The van der Waals surface area contributed by atoms with E-state index in [1.54, 1.807) is 19.2 Å². The lowest BCUT2D eigenvalue weighted by molar-refractivity contribution is -0.385. The van der Waals surface area contributed by atoms with Crippen molar-refractivity contribution in [2.24, 2.45) is 0 Å². The zero-order valence-corrected chi connectivity index (χ0v) is 11.2. The molecule has 1 unspecified atom stereocenters. The van der Waals surface area contributed by atoms with E-state index in [1.165, 1.54) is 11.6 Å². The van der Waals surface area contributed by atoms with Gasteiger partial charge in [-0.3, -0.25) is 15.1 Å². The number of pyridine rings is 1. The van der Waals surface area contributed by atoms with Gasteiger partial charge in [-0.1, -0.05) is 12.1 Å². The van der Waals surface area contributed by atoms with Gasteiger partial charge in [0.1, 0.15) is 0 Å². The third-order valence-corrected chi connectivity index (χ3v) is 3.79. The predicted octanol–water partition coefficient (Wildman–Crippen LogP) is 3.40. The molecule has 0 saturated carbocycles. The zero-order chi connectivity index (χ0) is 14.1. The van der Waals surface area contributed by atoms with Crippen molar-refractivity contribution in [2.45, 2.75) is 25.8 Å². The lowest BCUT2D eigenvalue weighted by atomic mass is 10.1. The van der Waals surface area contributed by atoms with E-state index in [4.69, 9.17) is 0 Å². The average molecular weight is 269 g/mol. The van der Waals surface area contributed by atoms with E-state index in [9.17, 15) is 10.1 Å². The number of anilines is 1. The molecule has 1 heterocycles. The van der Waals surface area contributed by atoms with Crippen molar-refractivity contribution in [1.82, 2.24) is 4.98 Å². The molecule has 102 valence electrons. The Kier molecular flexibility index (Phi) is 3.10. The SMILES string of the molecule is Cc1c(NC2CCc3cccnc32)cccc1[N+](=O)[O-]. The molecule has 1 N–H and O–H groups in total. The maximum Gasteiger partial charge on any atom is 0.274 e. The van der Waals surface area contributed by atoms with Gasteiger partial charge in [0.15, 0.2) is 0 Å². The third kappa shape index (κ3) is 2.11. The fourth-order valence-corrected chi connectivity index (χ4v) is 2.72. The second-order valence-corrected chi connectivity index (χ2v) is 4.99. The second kappa shape index (κ2) is 4.92. The van der Waals surface area contributed by atoms with Crippen molar-refractivity contribution < 1.29 is 4.92 Å². The first-order valence-corrected chi connectivity index (χ1v) is 6.61. The standard InChI is InChI=1S/C15H15N3O2/c1-10-12(5-2-6-14(10)18(19)20)17-13-8-7-11-4-3-9-16-15(11)13/h2-6,9,13,17H,7-8H2,1H3. The summed E-state index contributed by atoms with van der Waals surface area (Å²) in [4.78, 5) is 15.1. The van der Waals surface area contributed by atoms with Gasteiger partial charge < -0.3 is 5.32 Å².